The maximum absolute atomic E-state index is 13.4. The van der Waals surface area contributed by atoms with Crippen LogP contribution < -0.4 is 5.32 Å². The Morgan fingerprint density at radius 3 is 2.64 bits per heavy atom. The zero-order valence-corrected chi connectivity index (χ0v) is 14.2. The van der Waals surface area contributed by atoms with Crippen LogP contribution in [-0.2, 0) is 10.9 Å². The van der Waals surface area contributed by atoms with E-state index in [9.17, 15) is 13.2 Å². The summed E-state index contributed by atoms with van der Waals surface area (Å²) < 4.78 is 45.5. The fourth-order valence-corrected chi connectivity index (χ4v) is 2.01. The van der Waals surface area contributed by atoms with Gasteiger partial charge in [0.2, 0.25) is 0 Å². The summed E-state index contributed by atoms with van der Waals surface area (Å²) in [5.74, 6) is -0.0454. The third-order valence-corrected chi connectivity index (χ3v) is 3.38. The van der Waals surface area contributed by atoms with E-state index in [4.69, 9.17) is 4.74 Å². The number of anilines is 1. The summed E-state index contributed by atoms with van der Waals surface area (Å²) in [5.41, 5.74) is -0.197. The van der Waals surface area contributed by atoms with E-state index < -0.39 is 11.9 Å². The zero-order chi connectivity index (χ0) is 18.6. The van der Waals surface area contributed by atoms with E-state index in [0.29, 0.717) is 12.0 Å². The van der Waals surface area contributed by atoms with Crippen LogP contribution in [0.25, 0.3) is 11.4 Å². The zero-order valence-electron chi connectivity index (χ0n) is 14.2. The van der Waals surface area contributed by atoms with Crippen molar-refractivity contribution in [1.29, 1.82) is 0 Å². The van der Waals surface area contributed by atoms with Crippen LogP contribution in [-0.4, -0.2) is 21.1 Å². The van der Waals surface area contributed by atoms with Crippen molar-refractivity contribution < 1.29 is 17.9 Å². The highest BCUT2D eigenvalue weighted by molar-refractivity contribution is 5.59. The van der Waals surface area contributed by atoms with E-state index in [1.54, 1.807) is 26.1 Å². The molecule has 1 unspecified atom stereocenters. The number of nitrogens with one attached hydrogen (secondary N) is 1. The van der Waals surface area contributed by atoms with Crippen molar-refractivity contribution in [3.05, 3.63) is 48.4 Å². The van der Waals surface area contributed by atoms with Gasteiger partial charge in [0.1, 0.15) is 0 Å². The lowest BCUT2D eigenvalue weighted by molar-refractivity contribution is -0.140. The average Bonchev–Trinajstić information content (AvgIpc) is 2.54. The van der Waals surface area contributed by atoms with Crippen molar-refractivity contribution in [1.82, 2.24) is 15.0 Å². The maximum Gasteiger partial charge on any atom is 0.435 e. The van der Waals surface area contributed by atoms with Crippen LogP contribution in [0.3, 0.4) is 0 Å². The molecule has 5 nitrogen and oxygen atoms in total. The van der Waals surface area contributed by atoms with E-state index in [-0.39, 0.29) is 23.5 Å². The monoisotopic (exact) mass is 352 g/mol. The first kappa shape index (κ1) is 18.7. The molecule has 0 aliphatic rings. The normalized spacial score (nSPS) is 12.6. The maximum atomic E-state index is 13.4. The summed E-state index contributed by atoms with van der Waals surface area (Å²) in [6.07, 6.45) is -0.0521. The van der Waals surface area contributed by atoms with E-state index in [2.05, 4.69) is 26.8 Å². The molecule has 0 amide bonds. The summed E-state index contributed by atoms with van der Waals surface area (Å²) >= 11 is 0. The van der Waals surface area contributed by atoms with Gasteiger partial charge in [0.15, 0.2) is 17.4 Å². The number of nitrogens with zero attached hydrogens (tertiary/aromatic N) is 3. The smallest absolute Gasteiger partial charge is 0.435 e. The van der Waals surface area contributed by atoms with Gasteiger partial charge in [0.05, 0.1) is 18.0 Å². The molecule has 0 aromatic carbocycles. The molecule has 0 aliphatic carbocycles. The second-order valence-electron chi connectivity index (χ2n) is 5.59. The predicted octanol–water partition coefficient (Wildman–Crippen LogP) is 4.56. The molecule has 0 saturated heterocycles. The predicted molar refractivity (Wildman–Crippen MR) is 88.6 cm³/mol. The Bertz CT molecular complexity index is 762. The lowest BCUT2D eigenvalue weighted by Gasteiger charge is -2.18. The second-order valence-corrected chi connectivity index (χ2v) is 5.59. The highest BCUT2D eigenvalue weighted by Gasteiger charge is 2.36. The Morgan fingerprint density at radius 2 is 2.04 bits per heavy atom. The molecule has 0 fully saturated rings. The quantitative estimate of drug-likeness (QED) is 0.772. The largest absolute Gasteiger partial charge is 0.476 e. The van der Waals surface area contributed by atoms with Gasteiger partial charge in [-0.1, -0.05) is 6.92 Å². The number of rotatable bonds is 6. The molecule has 2 heterocycles. The molecule has 0 spiro atoms. The van der Waals surface area contributed by atoms with Gasteiger partial charge < -0.3 is 10.1 Å². The number of alkyl halides is 3. The van der Waals surface area contributed by atoms with E-state index in [1.807, 2.05) is 6.92 Å². The number of aromatic nitrogens is 3. The van der Waals surface area contributed by atoms with Gasteiger partial charge in [0.25, 0.3) is 0 Å². The fourth-order valence-electron chi connectivity index (χ4n) is 2.01. The summed E-state index contributed by atoms with van der Waals surface area (Å²) in [4.78, 5) is 11.6. The van der Waals surface area contributed by atoms with Crippen molar-refractivity contribution in [2.24, 2.45) is 0 Å². The van der Waals surface area contributed by atoms with Crippen molar-refractivity contribution in [3.63, 3.8) is 0 Å². The summed E-state index contributed by atoms with van der Waals surface area (Å²) in [6.45, 7) is 9.06. The number of hydrogen-bond acceptors (Lipinski definition) is 5. The standard InChI is InChI=1S/C17H19F3N4O/c1-5-11(3)25-12(4)23-14-9-22-16(24-15(14)17(18,19)20)13-6-10(2)7-21-8-13/h6-9,11,23H,4-5H2,1-3H3. The summed E-state index contributed by atoms with van der Waals surface area (Å²) in [7, 11) is 0. The number of ether oxygens (including phenoxy) is 1. The highest BCUT2D eigenvalue weighted by atomic mass is 19.4. The van der Waals surface area contributed by atoms with Crippen molar-refractivity contribution >= 4 is 5.69 Å². The average molecular weight is 352 g/mol. The minimum atomic E-state index is -4.66. The molecule has 0 saturated carbocycles. The minimum Gasteiger partial charge on any atom is -0.476 e. The second kappa shape index (κ2) is 7.50. The molecule has 0 aliphatic heterocycles. The van der Waals surface area contributed by atoms with Gasteiger partial charge in [-0.15, -0.1) is 0 Å². The van der Waals surface area contributed by atoms with E-state index >= 15 is 0 Å². The van der Waals surface area contributed by atoms with Crippen LogP contribution in [0.1, 0.15) is 31.5 Å². The Hall–Kier alpha value is -2.64. The van der Waals surface area contributed by atoms with Crippen molar-refractivity contribution in [2.75, 3.05) is 5.32 Å². The van der Waals surface area contributed by atoms with Gasteiger partial charge in [-0.05, 0) is 38.5 Å². The van der Waals surface area contributed by atoms with Gasteiger partial charge >= 0.3 is 6.18 Å². The highest BCUT2D eigenvalue weighted by Crippen LogP contribution is 2.34. The molecule has 2 rings (SSSR count). The van der Waals surface area contributed by atoms with Crippen LogP contribution >= 0.6 is 0 Å². The Kier molecular flexibility index (Phi) is 5.61. The van der Waals surface area contributed by atoms with Gasteiger partial charge in [0, 0.05) is 18.0 Å². The van der Waals surface area contributed by atoms with Crippen LogP contribution in [0.2, 0.25) is 0 Å². The molecule has 1 atom stereocenters. The summed E-state index contributed by atoms with van der Waals surface area (Å²) in [5, 5.41) is 2.50. The third kappa shape index (κ3) is 4.91. The lowest BCUT2D eigenvalue weighted by atomic mass is 10.2. The van der Waals surface area contributed by atoms with Crippen LogP contribution in [0.5, 0.6) is 0 Å². The van der Waals surface area contributed by atoms with E-state index in [1.165, 1.54) is 6.20 Å². The minimum absolute atomic E-state index is 0.00780. The van der Waals surface area contributed by atoms with Crippen molar-refractivity contribution in [3.8, 4) is 11.4 Å². The molecule has 2 aromatic heterocycles. The Balaban J connectivity index is 2.36. The molecule has 25 heavy (non-hydrogen) atoms. The molecule has 1 N–H and O–H groups in total. The molecule has 0 radical (unpaired) electrons. The Morgan fingerprint density at radius 1 is 1.32 bits per heavy atom. The number of hydrogen-bond donors (Lipinski definition) is 1. The molecule has 2 aromatic rings. The SMILES string of the molecule is C=C(Nc1cnc(-c2cncc(C)c2)nc1C(F)(F)F)OC(C)CC. The fraction of sp³-hybridized carbons (Fsp3) is 0.353. The number of halogens is 3. The van der Waals surface area contributed by atoms with Gasteiger partial charge in [-0.25, -0.2) is 9.97 Å². The van der Waals surface area contributed by atoms with Crippen LogP contribution in [0, 0.1) is 6.92 Å². The van der Waals surface area contributed by atoms with Crippen molar-refractivity contribution in [2.45, 2.75) is 39.5 Å². The molecular formula is C17H19F3N4O. The molecule has 8 heteroatoms. The number of aryl methyl sites for hydroxylation is 1. The summed E-state index contributed by atoms with van der Waals surface area (Å²) in [6, 6.07) is 1.67. The Labute approximate surface area is 144 Å². The first-order chi connectivity index (χ1) is 11.7. The van der Waals surface area contributed by atoms with Gasteiger partial charge in [-0.3, -0.25) is 4.98 Å². The molecule has 0 bridgehead atoms. The lowest BCUT2D eigenvalue weighted by Crippen LogP contribution is -2.17. The third-order valence-electron chi connectivity index (χ3n) is 3.38. The topological polar surface area (TPSA) is 59.9 Å². The first-order valence-electron chi connectivity index (χ1n) is 7.69. The number of pyridine rings is 1. The van der Waals surface area contributed by atoms with Crippen LogP contribution in [0.15, 0.2) is 37.1 Å². The van der Waals surface area contributed by atoms with Crippen LogP contribution in [0.4, 0.5) is 18.9 Å². The van der Waals surface area contributed by atoms with Gasteiger partial charge in [-0.2, -0.15) is 13.2 Å². The van der Waals surface area contributed by atoms with E-state index in [0.717, 1.165) is 11.8 Å². The first-order valence-corrected chi connectivity index (χ1v) is 7.69. The molecule has 134 valence electrons. The molecular weight excluding hydrogens is 333 g/mol.